The van der Waals surface area contributed by atoms with Crippen molar-refractivity contribution in [2.24, 2.45) is 0 Å². The van der Waals surface area contributed by atoms with Gasteiger partial charge in [0, 0.05) is 17.5 Å². The monoisotopic (exact) mass is 509 g/mol. The van der Waals surface area contributed by atoms with Crippen LogP contribution in [0, 0.1) is 0 Å². The summed E-state index contributed by atoms with van der Waals surface area (Å²) < 4.78 is 56.9. The van der Waals surface area contributed by atoms with Crippen LogP contribution in [0.1, 0.15) is 19.4 Å². The summed E-state index contributed by atoms with van der Waals surface area (Å²) in [5.74, 6) is 1.96. The molecule has 8 nitrogen and oxygen atoms in total. The Morgan fingerprint density at radius 1 is 0.943 bits per heavy atom. The zero-order chi connectivity index (χ0) is 25.8. The Kier molecular flexibility index (Phi) is 7.90. The quantitative estimate of drug-likeness (QED) is 0.306. The highest BCUT2D eigenvalue weighted by atomic mass is 35.5. The summed E-state index contributed by atoms with van der Waals surface area (Å²) in [6.45, 7) is 4.00. The van der Waals surface area contributed by atoms with E-state index in [1.807, 2.05) is 13.8 Å². The topological polar surface area (TPSA) is 83.3 Å². The van der Waals surface area contributed by atoms with Crippen molar-refractivity contribution in [3.05, 3.63) is 53.7 Å². The van der Waals surface area contributed by atoms with Gasteiger partial charge < -0.3 is 24.1 Å². The van der Waals surface area contributed by atoms with Gasteiger partial charge in [0.05, 0.1) is 44.3 Å². The first-order chi connectivity index (χ1) is 16.7. The Labute approximate surface area is 204 Å². The molecule has 2 heterocycles. The molecule has 1 N–H and O–H groups in total. The van der Waals surface area contributed by atoms with E-state index in [1.165, 1.54) is 33.7 Å². The van der Waals surface area contributed by atoms with Gasteiger partial charge in [-0.15, -0.1) is 0 Å². The minimum Gasteiger partial charge on any atom is -0.493 e. The standard InChI is InChI=1S/C21H17ClF3N5O3.C2H6/c1-31-15-7-12(8-16(32-2)18(15)33-3)30-9-17(26-10-30)28-19-13-5-4-11(21(23,24)25)6-14(13)27-20(22)29-19;1-2/h4-10H,1-3H3,(H,27,28,29);1-2H3. The molecule has 0 aliphatic carbocycles. The summed E-state index contributed by atoms with van der Waals surface area (Å²) in [5, 5.41) is 3.14. The van der Waals surface area contributed by atoms with Crippen LogP contribution in [0.3, 0.4) is 0 Å². The van der Waals surface area contributed by atoms with Crippen molar-refractivity contribution in [1.82, 2.24) is 19.5 Å². The molecule has 0 fully saturated rings. The zero-order valence-electron chi connectivity index (χ0n) is 19.6. The number of ether oxygens (including phenoxy) is 3. The summed E-state index contributed by atoms with van der Waals surface area (Å²) in [5.41, 5.74) is -0.107. The van der Waals surface area contributed by atoms with Gasteiger partial charge in [-0.25, -0.2) is 9.97 Å². The van der Waals surface area contributed by atoms with Gasteiger partial charge in [-0.1, -0.05) is 13.8 Å². The number of alkyl halides is 3. The number of hydrogen-bond donors (Lipinski definition) is 1. The third-order valence-electron chi connectivity index (χ3n) is 4.77. The fraction of sp³-hybridized carbons (Fsp3) is 0.261. The number of benzene rings is 2. The average Bonchev–Trinajstić information content (AvgIpc) is 3.31. The van der Waals surface area contributed by atoms with Crippen molar-refractivity contribution in [1.29, 1.82) is 0 Å². The van der Waals surface area contributed by atoms with Gasteiger partial charge in [0.25, 0.3) is 0 Å². The molecule has 0 spiro atoms. The molecule has 35 heavy (non-hydrogen) atoms. The second-order valence-electron chi connectivity index (χ2n) is 6.75. The Morgan fingerprint density at radius 3 is 2.17 bits per heavy atom. The highest BCUT2D eigenvalue weighted by molar-refractivity contribution is 6.28. The summed E-state index contributed by atoms with van der Waals surface area (Å²) in [7, 11) is 4.53. The SMILES string of the molecule is CC.COc1cc(-n2cnc(Nc3nc(Cl)nc4cc(C(F)(F)F)ccc34)c2)cc(OC)c1OC. The molecule has 4 rings (SSSR count). The number of nitrogens with one attached hydrogen (secondary N) is 1. The molecule has 0 saturated heterocycles. The zero-order valence-corrected chi connectivity index (χ0v) is 20.3. The van der Waals surface area contributed by atoms with Crippen LogP contribution in [0.2, 0.25) is 5.28 Å². The van der Waals surface area contributed by atoms with Crippen molar-refractivity contribution in [3.63, 3.8) is 0 Å². The lowest BCUT2D eigenvalue weighted by Gasteiger charge is -2.14. The number of imidazole rings is 1. The molecular formula is C23H23ClF3N5O3. The lowest BCUT2D eigenvalue weighted by atomic mass is 10.1. The van der Waals surface area contributed by atoms with E-state index in [1.54, 1.807) is 22.9 Å². The molecular weight excluding hydrogens is 487 g/mol. The number of nitrogens with zero attached hydrogens (tertiary/aromatic N) is 4. The molecule has 4 aromatic rings. The second-order valence-corrected chi connectivity index (χ2v) is 7.08. The van der Waals surface area contributed by atoms with Crippen LogP contribution in [-0.4, -0.2) is 40.8 Å². The molecule has 0 amide bonds. The van der Waals surface area contributed by atoms with E-state index in [9.17, 15) is 13.2 Å². The molecule has 2 aromatic heterocycles. The maximum atomic E-state index is 13.1. The van der Waals surface area contributed by atoms with E-state index in [-0.39, 0.29) is 16.6 Å². The summed E-state index contributed by atoms with van der Waals surface area (Å²) >= 11 is 5.94. The molecule has 186 valence electrons. The molecule has 0 aliphatic heterocycles. The average molecular weight is 510 g/mol. The number of halogens is 4. The van der Waals surface area contributed by atoms with Gasteiger partial charge in [-0.05, 0) is 29.8 Å². The second kappa shape index (κ2) is 10.7. The summed E-state index contributed by atoms with van der Waals surface area (Å²) in [6, 6.07) is 6.64. The largest absolute Gasteiger partial charge is 0.493 e. The van der Waals surface area contributed by atoms with Crippen molar-refractivity contribution < 1.29 is 27.4 Å². The summed E-state index contributed by atoms with van der Waals surface area (Å²) in [6.07, 6.45) is -1.30. The van der Waals surface area contributed by atoms with Crippen molar-refractivity contribution in [2.45, 2.75) is 20.0 Å². The smallest absolute Gasteiger partial charge is 0.416 e. The third kappa shape index (κ3) is 5.51. The van der Waals surface area contributed by atoms with Crippen LogP contribution < -0.4 is 19.5 Å². The Morgan fingerprint density at radius 2 is 1.60 bits per heavy atom. The van der Waals surface area contributed by atoms with Crippen molar-refractivity contribution in [3.8, 4) is 22.9 Å². The van der Waals surface area contributed by atoms with Gasteiger partial charge >= 0.3 is 6.18 Å². The molecule has 12 heteroatoms. The van der Waals surface area contributed by atoms with Crippen LogP contribution in [0.25, 0.3) is 16.6 Å². The third-order valence-corrected chi connectivity index (χ3v) is 4.94. The molecule has 2 aromatic carbocycles. The number of aromatic nitrogens is 4. The first-order valence-electron chi connectivity index (χ1n) is 10.4. The number of fused-ring (bicyclic) bond motifs is 1. The van der Waals surface area contributed by atoms with Crippen LogP contribution in [0.4, 0.5) is 24.8 Å². The van der Waals surface area contributed by atoms with Crippen LogP contribution in [-0.2, 0) is 6.18 Å². The van der Waals surface area contributed by atoms with Crippen molar-refractivity contribution >= 4 is 34.1 Å². The minimum absolute atomic E-state index is 0.0522. The maximum absolute atomic E-state index is 13.1. The normalized spacial score (nSPS) is 11.0. The predicted molar refractivity (Wildman–Crippen MR) is 127 cm³/mol. The van der Waals surface area contributed by atoms with E-state index in [0.717, 1.165) is 12.1 Å². The Hall–Kier alpha value is -3.73. The van der Waals surface area contributed by atoms with Gasteiger partial charge in [0.15, 0.2) is 11.5 Å². The molecule has 0 radical (unpaired) electrons. The predicted octanol–water partition coefficient (Wildman–Crippen LogP) is 6.28. The van der Waals surface area contributed by atoms with E-state index in [0.29, 0.717) is 34.1 Å². The minimum atomic E-state index is -4.50. The Bertz CT molecular complexity index is 1300. The van der Waals surface area contributed by atoms with Gasteiger partial charge in [-0.3, -0.25) is 0 Å². The highest BCUT2D eigenvalue weighted by Gasteiger charge is 2.31. The van der Waals surface area contributed by atoms with E-state index >= 15 is 0 Å². The van der Waals surface area contributed by atoms with Gasteiger partial charge in [0.1, 0.15) is 18.0 Å². The van der Waals surface area contributed by atoms with Gasteiger partial charge in [0.2, 0.25) is 11.0 Å². The first kappa shape index (κ1) is 25.9. The molecule has 0 bridgehead atoms. The van der Waals surface area contributed by atoms with Crippen molar-refractivity contribution in [2.75, 3.05) is 26.6 Å². The highest BCUT2D eigenvalue weighted by Crippen LogP contribution is 2.39. The number of rotatable bonds is 6. The first-order valence-corrected chi connectivity index (χ1v) is 10.8. The number of methoxy groups -OCH3 is 3. The van der Waals surface area contributed by atoms with Crippen LogP contribution in [0.15, 0.2) is 42.9 Å². The number of hydrogen-bond acceptors (Lipinski definition) is 7. The van der Waals surface area contributed by atoms with Crippen LogP contribution in [0.5, 0.6) is 17.2 Å². The van der Waals surface area contributed by atoms with Crippen LogP contribution >= 0.6 is 11.6 Å². The fourth-order valence-corrected chi connectivity index (χ4v) is 3.41. The molecule has 0 aliphatic rings. The Balaban J connectivity index is 0.00000167. The maximum Gasteiger partial charge on any atom is 0.416 e. The van der Waals surface area contributed by atoms with Gasteiger partial charge in [-0.2, -0.15) is 18.2 Å². The lowest BCUT2D eigenvalue weighted by molar-refractivity contribution is -0.137. The molecule has 0 atom stereocenters. The van der Waals surface area contributed by atoms with E-state index in [2.05, 4.69) is 20.3 Å². The lowest BCUT2D eigenvalue weighted by Crippen LogP contribution is -2.05. The van der Waals surface area contributed by atoms with E-state index < -0.39 is 11.7 Å². The summed E-state index contributed by atoms with van der Waals surface area (Å²) in [4.78, 5) is 12.3. The molecule has 0 unspecified atom stereocenters. The number of anilines is 2. The fourth-order valence-electron chi connectivity index (χ4n) is 3.24. The molecule has 0 saturated carbocycles. The van der Waals surface area contributed by atoms with E-state index in [4.69, 9.17) is 25.8 Å².